The van der Waals surface area contributed by atoms with Gasteiger partial charge in [-0.2, -0.15) is 0 Å². The summed E-state index contributed by atoms with van der Waals surface area (Å²) < 4.78 is 0. The molecule has 2 N–H and O–H groups in total. The van der Waals surface area contributed by atoms with Gasteiger partial charge in [-0.1, -0.05) is 60.7 Å². The number of anilines is 1. The Morgan fingerprint density at radius 2 is 1.50 bits per heavy atom. The van der Waals surface area contributed by atoms with Crippen LogP contribution in [-0.2, 0) is 16.1 Å². The first-order valence-electron chi connectivity index (χ1n) is 8.98. The van der Waals surface area contributed by atoms with Gasteiger partial charge in [-0.3, -0.25) is 9.59 Å². The molecule has 2 atom stereocenters. The van der Waals surface area contributed by atoms with Crippen molar-refractivity contribution in [3.05, 3.63) is 77.9 Å². The molecule has 0 radical (unpaired) electrons. The zero-order valence-electron chi connectivity index (χ0n) is 14.9. The maximum Gasteiger partial charge on any atom is 0.228 e. The van der Waals surface area contributed by atoms with Gasteiger partial charge in [0.2, 0.25) is 11.8 Å². The molecule has 26 heavy (non-hydrogen) atoms. The lowest BCUT2D eigenvalue weighted by Crippen LogP contribution is -2.40. The van der Waals surface area contributed by atoms with Crippen LogP contribution in [0.3, 0.4) is 0 Å². The van der Waals surface area contributed by atoms with Crippen LogP contribution in [0.15, 0.2) is 66.7 Å². The molecule has 0 heterocycles. The highest BCUT2D eigenvalue weighted by Gasteiger charge is 2.34. The van der Waals surface area contributed by atoms with Crippen LogP contribution >= 0.6 is 0 Å². The fourth-order valence-electron chi connectivity index (χ4n) is 3.25. The van der Waals surface area contributed by atoms with Crippen molar-refractivity contribution in [3.8, 4) is 0 Å². The van der Waals surface area contributed by atoms with Gasteiger partial charge in [0.05, 0.1) is 11.8 Å². The predicted molar refractivity (Wildman–Crippen MR) is 103 cm³/mol. The largest absolute Gasteiger partial charge is 0.352 e. The predicted octanol–water partition coefficient (Wildman–Crippen LogP) is 3.83. The number of rotatable bonds is 5. The van der Waals surface area contributed by atoms with Crippen molar-refractivity contribution < 1.29 is 9.59 Å². The summed E-state index contributed by atoms with van der Waals surface area (Å²) in [6.45, 7) is 2.44. The quantitative estimate of drug-likeness (QED) is 0.807. The Balaban J connectivity index is 1.65. The number of nitrogens with one attached hydrogen (secondary N) is 2. The van der Waals surface area contributed by atoms with Crippen molar-refractivity contribution in [3.63, 3.8) is 0 Å². The zero-order valence-corrected chi connectivity index (χ0v) is 14.9. The Kier molecular flexibility index (Phi) is 5.84. The summed E-state index contributed by atoms with van der Waals surface area (Å²) in [6, 6.07) is 17.5. The highest BCUT2D eigenvalue weighted by atomic mass is 16.2. The second kappa shape index (κ2) is 8.48. The van der Waals surface area contributed by atoms with E-state index in [9.17, 15) is 9.59 Å². The SMILES string of the molecule is Cc1ccccc1NC(=O)[C@H]1CC=CC[C@@H]1C(=O)NCc1ccccc1. The lowest BCUT2D eigenvalue weighted by molar-refractivity contribution is -0.132. The van der Waals surface area contributed by atoms with E-state index in [1.54, 1.807) is 0 Å². The first kappa shape index (κ1) is 17.9. The standard InChI is InChI=1S/C22H24N2O2/c1-16-9-5-8-14-20(16)24-22(26)19-13-7-6-12-18(19)21(25)23-15-17-10-3-2-4-11-17/h2-11,14,18-19H,12-13,15H2,1H3,(H,23,25)(H,24,26)/t18-,19-/m0/s1. The molecule has 4 heteroatoms. The number of para-hydroxylation sites is 1. The number of hydrogen-bond donors (Lipinski definition) is 2. The molecule has 0 aliphatic heterocycles. The molecular weight excluding hydrogens is 324 g/mol. The minimum atomic E-state index is -0.352. The molecule has 1 aliphatic rings. The summed E-state index contributed by atoms with van der Waals surface area (Å²) in [5.74, 6) is -0.852. The first-order chi connectivity index (χ1) is 12.6. The van der Waals surface area contributed by atoms with Gasteiger partial charge < -0.3 is 10.6 Å². The third-order valence-electron chi connectivity index (χ3n) is 4.82. The Morgan fingerprint density at radius 3 is 2.19 bits per heavy atom. The average Bonchev–Trinajstić information content (AvgIpc) is 2.68. The van der Waals surface area contributed by atoms with E-state index in [-0.39, 0.29) is 23.7 Å². The van der Waals surface area contributed by atoms with E-state index in [0.717, 1.165) is 16.8 Å². The molecule has 0 unspecified atom stereocenters. The number of hydrogen-bond acceptors (Lipinski definition) is 2. The molecule has 4 nitrogen and oxygen atoms in total. The van der Waals surface area contributed by atoms with Crippen LogP contribution < -0.4 is 10.6 Å². The van der Waals surface area contributed by atoms with Crippen LogP contribution in [0.25, 0.3) is 0 Å². The van der Waals surface area contributed by atoms with Gasteiger partial charge in [0, 0.05) is 12.2 Å². The van der Waals surface area contributed by atoms with Crippen LogP contribution in [0, 0.1) is 18.8 Å². The molecule has 0 saturated heterocycles. The van der Waals surface area contributed by atoms with Crippen molar-refractivity contribution in [2.75, 3.05) is 5.32 Å². The van der Waals surface area contributed by atoms with E-state index in [2.05, 4.69) is 10.6 Å². The van der Waals surface area contributed by atoms with Gasteiger partial charge in [-0.05, 0) is 37.0 Å². The van der Waals surface area contributed by atoms with Crippen molar-refractivity contribution in [2.45, 2.75) is 26.3 Å². The third-order valence-corrected chi connectivity index (χ3v) is 4.82. The molecule has 0 spiro atoms. The lowest BCUT2D eigenvalue weighted by Gasteiger charge is -2.27. The van der Waals surface area contributed by atoms with Gasteiger partial charge >= 0.3 is 0 Å². The summed E-state index contributed by atoms with van der Waals surface area (Å²) in [5.41, 5.74) is 2.86. The first-order valence-corrected chi connectivity index (χ1v) is 8.98. The normalized spacial score (nSPS) is 19.0. The summed E-state index contributed by atoms with van der Waals surface area (Å²) >= 11 is 0. The van der Waals surface area contributed by atoms with E-state index in [1.807, 2.05) is 73.7 Å². The zero-order chi connectivity index (χ0) is 18.4. The molecule has 0 fully saturated rings. The average molecular weight is 348 g/mol. The number of carbonyl (C=O) groups is 2. The fraction of sp³-hybridized carbons (Fsp3) is 0.273. The summed E-state index contributed by atoms with van der Waals surface area (Å²) in [5, 5.41) is 5.96. The highest BCUT2D eigenvalue weighted by molar-refractivity contribution is 5.96. The molecule has 134 valence electrons. The molecule has 0 saturated carbocycles. The van der Waals surface area contributed by atoms with Gasteiger partial charge in [0.1, 0.15) is 0 Å². The molecule has 3 rings (SSSR count). The van der Waals surface area contributed by atoms with E-state index in [4.69, 9.17) is 0 Å². The molecule has 0 bridgehead atoms. The van der Waals surface area contributed by atoms with E-state index in [1.165, 1.54) is 0 Å². The topological polar surface area (TPSA) is 58.2 Å². The number of amides is 2. The smallest absolute Gasteiger partial charge is 0.228 e. The van der Waals surface area contributed by atoms with Crippen molar-refractivity contribution in [1.29, 1.82) is 0 Å². The molecular formula is C22H24N2O2. The summed E-state index contributed by atoms with van der Waals surface area (Å²) in [6.07, 6.45) is 5.15. The van der Waals surface area contributed by atoms with Gasteiger partial charge in [-0.25, -0.2) is 0 Å². The van der Waals surface area contributed by atoms with E-state index in [0.29, 0.717) is 19.4 Å². The monoisotopic (exact) mass is 348 g/mol. The summed E-state index contributed by atoms with van der Waals surface area (Å²) in [4.78, 5) is 25.5. The number of carbonyl (C=O) groups excluding carboxylic acids is 2. The van der Waals surface area contributed by atoms with Gasteiger partial charge in [0.25, 0.3) is 0 Å². The van der Waals surface area contributed by atoms with Crippen LogP contribution in [-0.4, -0.2) is 11.8 Å². The molecule has 2 amide bonds. The van der Waals surface area contributed by atoms with Crippen molar-refractivity contribution >= 4 is 17.5 Å². The van der Waals surface area contributed by atoms with Gasteiger partial charge in [0.15, 0.2) is 0 Å². The second-order valence-electron chi connectivity index (χ2n) is 6.66. The molecule has 0 aromatic heterocycles. The van der Waals surface area contributed by atoms with E-state index >= 15 is 0 Å². The fourth-order valence-corrected chi connectivity index (χ4v) is 3.25. The number of aryl methyl sites for hydroxylation is 1. The maximum absolute atomic E-state index is 12.8. The molecule has 2 aromatic rings. The Hall–Kier alpha value is -2.88. The van der Waals surface area contributed by atoms with Crippen molar-refractivity contribution in [1.82, 2.24) is 5.32 Å². The summed E-state index contributed by atoms with van der Waals surface area (Å²) in [7, 11) is 0. The van der Waals surface area contributed by atoms with Gasteiger partial charge in [-0.15, -0.1) is 0 Å². The third kappa shape index (κ3) is 4.39. The van der Waals surface area contributed by atoms with E-state index < -0.39 is 0 Å². The van der Waals surface area contributed by atoms with Crippen LogP contribution in [0.1, 0.15) is 24.0 Å². The van der Waals surface area contributed by atoms with Crippen LogP contribution in [0.5, 0.6) is 0 Å². The molecule has 1 aliphatic carbocycles. The Bertz CT molecular complexity index is 799. The van der Waals surface area contributed by atoms with Crippen LogP contribution in [0.4, 0.5) is 5.69 Å². The molecule has 2 aromatic carbocycles. The van der Waals surface area contributed by atoms with Crippen LogP contribution in [0.2, 0.25) is 0 Å². The Labute approximate surface area is 154 Å². The number of allylic oxidation sites excluding steroid dienone is 2. The minimum Gasteiger partial charge on any atom is -0.352 e. The lowest BCUT2D eigenvalue weighted by atomic mass is 9.81. The minimum absolute atomic E-state index is 0.0665. The highest BCUT2D eigenvalue weighted by Crippen LogP contribution is 2.28. The Morgan fingerprint density at radius 1 is 0.885 bits per heavy atom. The number of benzene rings is 2. The maximum atomic E-state index is 12.8. The van der Waals surface area contributed by atoms with Crippen molar-refractivity contribution in [2.24, 2.45) is 11.8 Å². The second-order valence-corrected chi connectivity index (χ2v) is 6.66.